The van der Waals surface area contributed by atoms with Gasteiger partial charge in [-0.2, -0.15) is 0 Å². The zero-order chi connectivity index (χ0) is 13.3. The molecule has 0 aliphatic heterocycles. The summed E-state index contributed by atoms with van der Waals surface area (Å²) >= 11 is 0. The SMILES string of the molecule is CCOC(=O)CCC[C@H](C=O)N(C)C(=O)OC. The van der Waals surface area contributed by atoms with Crippen LogP contribution in [0.15, 0.2) is 0 Å². The van der Waals surface area contributed by atoms with E-state index in [-0.39, 0.29) is 12.4 Å². The highest BCUT2D eigenvalue weighted by Gasteiger charge is 2.19. The number of methoxy groups -OCH3 is 1. The molecule has 17 heavy (non-hydrogen) atoms. The first-order chi connectivity index (χ1) is 8.06. The Hall–Kier alpha value is -1.59. The van der Waals surface area contributed by atoms with E-state index in [0.29, 0.717) is 25.7 Å². The Morgan fingerprint density at radius 3 is 2.53 bits per heavy atom. The quantitative estimate of drug-likeness (QED) is 0.494. The summed E-state index contributed by atoms with van der Waals surface area (Å²) in [5.74, 6) is -0.294. The second-order valence-electron chi connectivity index (χ2n) is 3.48. The zero-order valence-electron chi connectivity index (χ0n) is 10.5. The fourth-order valence-electron chi connectivity index (χ4n) is 1.32. The van der Waals surface area contributed by atoms with Gasteiger partial charge in [0, 0.05) is 13.5 Å². The lowest BCUT2D eigenvalue weighted by Gasteiger charge is -2.21. The van der Waals surface area contributed by atoms with Crippen LogP contribution < -0.4 is 0 Å². The third-order valence-electron chi connectivity index (χ3n) is 2.30. The minimum absolute atomic E-state index is 0.243. The normalized spacial score (nSPS) is 11.5. The van der Waals surface area contributed by atoms with E-state index in [2.05, 4.69) is 4.74 Å². The van der Waals surface area contributed by atoms with Crippen molar-refractivity contribution in [1.29, 1.82) is 0 Å². The summed E-state index contributed by atoms with van der Waals surface area (Å²) in [6, 6.07) is -0.572. The average Bonchev–Trinajstić information content (AvgIpc) is 2.33. The molecule has 6 heteroatoms. The zero-order valence-corrected chi connectivity index (χ0v) is 10.5. The summed E-state index contributed by atoms with van der Waals surface area (Å²) < 4.78 is 9.25. The van der Waals surface area contributed by atoms with Gasteiger partial charge in [-0.15, -0.1) is 0 Å². The molecule has 0 aliphatic carbocycles. The van der Waals surface area contributed by atoms with Crippen molar-refractivity contribution >= 4 is 18.3 Å². The first-order valence-corrected chi connectivity index (χ1v) is 5.48. The van der Waals surface area contributed by atoms with E-state index in [0.717, 1.165) is 0 Å². The summed E-state index contributed by atoms with van der Waals surface area (Å²) in [7, 11) is 2.73. The molecular formula is C11H19NO5. The second-order valence-corrected chi connectivity index (χ2v) is 3.48. The Morgan fingerprint density at radius 1 is 1.41 bits per heavy atom. The van der Waals surface area contributed by atoms with Gasteiger partial charge in [0.25, 0.3) is 0 Å². The lowest BCUT2D eigenvalue weighted by atomic mass is 10.1. The standard InChI is InChI=1S/C11H19NO5/c1-4-17-10(14)7-5-6-9(8-13)12(2)11(15)16-3/h8-9H,4-7H2,1-3H3/t9-/m1/s1. The number of aldehydes is 1. The van der Waals surface area contributed by atoms with Crippen molar-refractivity contribution in [3.8, 4) is 0 Å². The van der Waals surface area contributed by atoms with Crippen LogP contribution in [0, 0.1) is 0 Å². The second kappa shape index (κ2) is 8.55. The topological polar surface area (TPSA) is 72.9 Å². The summed E-state index contributed by atoms with van der Waals surface area (Å²) in [4.78, 5) is 34.2. The van der Waals surface area contributed by atoms with E-state index >= 15 is 0 Å². The number of carbonyl (C=O) groups is 3. The van der Waals surface area contributed by atoms with Crippen LogP contribution in [0.5, 0.6) is 0 Å². The summed E-state index contributed by atoms with van der Waals surface area (Å²) in [6.07, 6.45) is 1.24. The van der Waals surface area contributed by atoms with Gasteiger partial charge in [-0.05, 0) is 19.8 Å². The first kappa shape index (κ1) is 15.4. The Labute approximate surface area is 101 Å². The molecule has 0 saturated heterocycles. The van der Waals surface area contributed by atoms with Crippen molar-refractivity contribution in [3.63, 3.8) is 0 Å². The van der Waals surface area contributed by atoms with Gasteiger partial charge < -0.3 is 19.2 Å². The number of ether oxygens (including phenoxy) is 2. The number of hydrogen-bond acceptors (Lipinski definition) is 5. The summed E-state index contributed by atoms with van der Waals surface area (Å²) in [5, 5.41) is 0. The van der Waals surface area contributed by atoms with E-state index in [1.165, 1.54) is 19.1 Å². The number of carbonyl (C=O) groups excluding carboxylic acids is 3. The first-order valence-electron chi connectivity index (χ1n) is 5.48. The predicted octanol–water partition coefficient (Wildman–Crippen LogP) is 0.986. The fraction of sp³-hybridized carbons (Fsp3) is 0.727. The van der Waals surface area contributed by atoms with Crippen LogP contribution in [-0.2, 0) is 19.1 Å². The number of esters is 1. The number of likely N-dealkylation sites (N-methyl/N-ethyl adjacent to an activating group) is 1. The van der Waals surface area contributed by atoms with Gasteiger partial charge in [-0.3, -0.25) is 4.79 Å². The van der Waals surface area contributed by atoms with Crippen molar-refractivity contribution in [1.82, 2.24) is 4.90 Å². The number of nitrogens with zero attached hydrogens (tertiary/aromatic N) is 1. The van der Waals surface area contributed by atoms with Crippen LogP contribution in [0.25, 0.3) is 0 Å². The highest BCUT2D eigenvalue weighted by molar-refractivity contribution is 5.73. The van der Waals surface area contributed by atoms with Gasteiger partial charge in [0.1, 0.15) is 6.29 Å². The molecule has 1 atom stereocenters. The molecule has 0 N–H and O–H groups in total. The van der Waals surface area contributed by atoms with Crippen molar-refractivity contribution in [2.24, 2.45) is 0 Å². The number of rotatable bonds is 7. The molecule has 6 nitrogen and oxygen atoms in total. The van der Waals surface area contributed by atoms with Gasteiger partial charge in [-0.1, -0.05) is 0 Å². The van der Waals surface area contributed by atoms with Gasteiger partial charge in [0.2, 0.25) is 0 Å². The van der Waals surface area contributed by atoms with E-state index in [9.17, 15) is 14.4 Å². The van der Waals surface area contributed by atoms with Gasteiger partial charge in [-0.25, -0.2) is 4.79 Å². The molecule has 0 aromatic carbocycles. The third-order valence-corrected chi connectivity index (χ3v) is 2.30. The van der Waals surface area contributed by atoms with Crippen molar-refractivity contribution in [3.05, 3.63) is 0 Å². The Balaban J connectivity index is 4.02. The van der Waals surface area contributed by atoms with Crippen molar-refractivity contribution in [2.75, 3.05) is 20.8 Å². The van der Waals surface area contributed by atoms with Crippen LogP contribution in [0.1, 0.15) is 26.2 Å². The van der Waals surface area contributed by atoms with Crippen LogP contribution in [0.4, 0.5) is 4.79 Å². The minimum Gasteiger partial charge on any atom is -0.466 e. The van der Waals surface area contributed by atoms with Crippen LogP contribution in [0.2, 0.25) is 0 Å². The lowest BCUT2D eigenvalue weighted by Crippen LogP contribution is -2.38. The van der Waals surface area contributed by atoms with Crippen molar-refractivity contribution in [2.45, 2.75) is 32.2 Å². The minimum atomic E-state index is -0.572. The summed E-state index contributed by atoms with van der Waals surface area (Å²) in [6.45, 7) is 2.08. The lowest BCUT2D eigenvalue weighted by molar-refractivity contribution is -0.143. The molecule has 0 spiro atoms. The molecule has 1 amide bonds. The molecule has 0 fully saturated rings. The molecule has 0 heterocycles. The maximum Gasteiger partial charge on any atom is 0.409 e. The fourth-order valence-corrected chi connectivity index (χ4v) is 1.32. The van der Waals surface area contributed by atoms with Crippen LogP contribution in [0.3, 0.4) is 0 Å². The maximum atomic E-state index is 11.2. The molecule has 0 aromatic rings. The molecule has 0 aromatic heterocycles. The van der Waals surface area contributed by atoms with Crippen LogP contribution >= 0.6 is 0 Å². The molecule has 0 aliphatic rings. The van der Waals surface area contributed by atoms with Gasteiger partial charge in [0.05, 0.1) is 19.8 Å². The van der Waals surface area contributed by atoms with E-state index in [1.807, 2.05) is 0 Å². The highest BCUT2D eigenvalue weighted by Crippen LogP contribution is 2.07. The van der Waals surface area contributed by atoms with Gasteiger partial charge in [0.15, 0.2) is 0 Å². The monoisotopic (exact) mass is 245 g/mol. The van der Waals surface area contributed by atoms with Crippen LogP contribution in [-0.4, -0.2) is 50.1 Å². The molecule has 98 valence electrons. The van der Waals surface area contributed by atoms with E-state index < -0.39 is 12.1 Å². The molecule has 0 bridgehead atoms. The third kappa shape index (κ3) is 5.89. The number of amides is 1. The molecule has 0 radical (unpaired) electrons. The van der Waals surface area contributed by atoms with E-state index in [4.69, 9.17) is 4.74 Å². The maximum absolute atomic E-state index is 11.2. The van der Waals surface area contributed by atoms with Crippen molar-refractivity contribution < 1.29 is 23.9 Å². The Morgan fingerprint density at radius 2 is 2.06 bits per heavy atom. The molecule has 0 unspecified atom stereocenters. The Bertz CT molecular complexity index is 267. The largest absolute Gasteiger partial charge is 0.466 e. The van der Waals surface area contributed by atoms with E-state index in [1.54, 1.807) is 6.92 Å². The van der Waals surface area contributed by atoms with Gasteiger partial charge >= 0.3 is 12.1 Å². The Kier molecular flexibility index (Phi) is 7.75. The molecule has 0 rings (SSSR count). The molecule has 0 saturated carbocycles. The number of hydrogen-bond donors (Lipinski definition) is 0. The smallest absolute Gasteiger partial charge is 0.409 e. The highest BCUT2D eigenvalue weighted by atomic mass is 16.5. The average molecular weight is 245 g/mol. The summed E-state index contributed by atoms with van der Waals surface area (Å²) in [5.41, 5.74) is 0. The predicted molar refractivity (Wildman–Crippen MR) is 60.5 cm³/mol. The molecular weight excluding hydrogens is 226 g/mol.